The molecule has 8 heteroatoms. The Bertz CT molecular complexity index is 1090. The van der Waals surface area contributed by atoms with Gasteiger partial charge in [-0.15, -0.1) is 11.3 Å². The molecule has 0 spiro atoms. The molecule has 0 atom stereocenters. The van der Waals surface area contributed by atoms with Crippen molar-refractivity contribution in [1.29, 1.82) is 0 Å². The first-order valence-electron chi connectivity index (χ1n) is 8.93. The smallest absolute Gasteiger partial charge is 0.263 e. The van der Waals surface area contributed by atoms with E-state index in [1.807, 2.05) is 28.5 Å². The van der Waals surface area contributed by atoms with E-state index in [4.69, 9.17) is 0 Å². The van der Waals surface area contributed by atoms with Crippen molar-refractivity contribution in [2.45, 2.75) is 19.3 Å². The van der Waals surface area contributed by atoms with Crippen LogP contribution in [0.4, 0.5) is 10.8 Å². The normalized spacial score (nSPS) is 12.6. The predicted molar refractivity (Wildman–Crippen MR) is 108 cm³/mol. The van der Waals surface area contributed by atoms with E-state index >= 15 is 0 Å². The zero-order chi connectivity index (χ0) is 19.5. The zero-order valence-corrected chi connectivity index (χ0v) is 15.8. The number of amides is 2. The number of hydrogen-bond acceptors (Lipinski definition) is 5. The highest BCUT2D eigenvalue weighted by Crippen LogP contribution is 2.28. The Morgan fingerprint density at radius 3 is 2.93 bits per heavy atom. The van der Waals surface area contributed by atoms with Gasteiger partial charge in [0.15, 0.2) is 5.13 Å². The van der Waals surface area contributed by atoms with E-state index < -0.39 is 11.5 Å². The minimum Gasteiger partial charge on any atom is -0.328 e. The fourth-order valence-electron chi connectivity index (χ4n) is 3.21. The lowest BCUT2D eigenvalue weighted by Gasteiger charge is -2.16. The van der Waals surface area contributed by atoms with Crippen molar-refractivity contribution < 1.29 is 9.59 Å². The summed E-state index contributed by atoms with van der Waals surface area (Å²) in [6.45, 7) is 0.710. The molecule has 7 nitrogen and oxygen atoms in total. The van der Waals surface area contributed by atoms with Gasteiger partial charge in [0.2, 0.25) is 5.91 Å². The Balaban J connectivity index is 1.35. The summed E-state index contributed by atoms with van der Waals surface area (Å²) in [6, 6.07) is 11.0. The second kappa shape index (κ2) is 7.77. The molecular formula is C20H18N4O3S. The van der Waals surface area contributed by atoms with E-state index in [0.29, 0.717) is 24.5 Å². The Hall–Kier alpha value is -3.26. The van der Waals surface area contributed by atoms with Crippen LogP contribution in [0.2, 0.25) is 0 Å². The third-order valence-electron chi connectivity index (χ3n) is 4.62. The molecule has 0 bridgehead atoms. The van der Waals surface area contributed by atoms with E-state index in [-0.39, 0.29) is 11.5 Å². The fourth-order valence-corrected chi connectivity index (χ4v) is 3.95. The molecule has 3 heterocycles. The largest absolute Gasteiger partial charge is 0.328 e. The summed E-state index contributed by atoms with van der Waals surface area (Å²) in [5.74, 6) is -0.438. The van der Waals surface area contributed by atoms with Gasteiger partial charge in [0.1, 0.15) is 5.56 Å². The molecule has 2 N–H and O–H groups in total. The topological polar surface area (TPSA) is 95.2 Å². The second-order valence-corrected chi connectivity index (χ2v) is 7.29. The van der Waals surface area contributed by atoms with Crippen LogP contribution in [0.1, 0.15) is 28.0 Å². The van der Waals surface area contributed by atoms with Crippen molar-refractivity contribution in [2.75, 3.05) is 16.8 Å². The maximum atomic E-state index is 12.6. The number of hydrogen-bond donors (Lipinski definition) is 2. The molecule has 142 valence electrons. The number of anilines is 2. The summed E-state index contributed by atoms with van der Waals surface area (Å²) in [4.78, 5) is 45.1. The lowest BCUT2D eigenvalue weighted by atomic mass is 10.2. The van der Waals surface area contributed by atoms with Crippen molar-refractivity contribution in [2.24, 2.45) is 0 Å². The van der Waals surface area contributed by atoms with E-state index in [0.717, 1.165) is 17.8 Å². The number of fused-ring (bicyclic) bond motifs is 1. The third-order valence-corrected chi connectivity index (χ3v) is 5.42. The summed E-state index contributed by atoms with van der Waals surface area (Å²) in [5, 5.41) is 4.85. The van der Waals surface area contributed by atoms with E-state index in [9.17, 15) is 14.4 Å². The summed E-state index contributed by atoms with van der Waals surface area (Å²) >= 11 is 1.27. The number of thiazole rings is 1. The van der Waals surface area contributed by atoms with Crippen molar-refractivity contribution in [3.8, 4) is 0 Å². The molecule has 0 radical (unpaired) electrons. The summed E-state index contributed by atoms with van der Waals surface area (Å²) in [7, 11) is 0. The van der Waals surface area contributed by atoms with Crippen molar-refractivity contribution in [1.82, 2.24) is 9.97 Å². The summed E-state index contributed by atoms with van der Waals surface area (Å²) in [5.41, 5.74) is 2.51. The number of aryl methyl sites for hydroxylation is 1. The number of carbonyl (C=O) groups excluding carboxylic acids is 2. The molecule has 2 amide bonds. The average Bonchev–Trinajstić information content (AvgIpc) is 3.33. The van der Waals surface area contributed by atoms with Gasteiger partial charge in [-0.1, -0.05) is 18.2 Å². The van der Waals surface area contributed by atoms with Gasteiger partial charge in [0.05, 0.1) is 5.69 Å². The number of carbonyl (C=O) groups is 2. The molecule has 1 aliphatic heterocycles. The van der Waals surface area contributed by atoms with Crippen LogP contribution in [-0.2, 0) is 17.6 Å². The first kappa shape index (κ1) is 18.1. The van der Waals surface area contributed by atoms with Crippen LogP contribution in [0.15, 0.2) is 52.8 Å². The first-order chi connectivity index (χ1) is 13.6. The van der Waals surface area contributed by atoms with Crippen molar-refractivity contribution >= 4 is 34.0 Å². The standard InChI is InChI=1S/C20H18N4O3S/c25-17(24-11-9-13-4-1-2-6-16(13)24)8-7-14-12-28-20(22-14)23-19(27)15-5-3-10-21-18(15)26/h1-6,10,12H,7-9,11H2,(H,21,26)(H,22,23,27). The Morgan fingerprint density at radius 2 is 2.07 bits per heavy atom. The summed E-state index contributed by atoms with van der Waals surface area (Å²) < 4.78 is 0. The molecule has 0 fully saturated rings. The van der Waals surface area contributed by atoms with Crippen LogP contribution in [0, 0.1) is 0 Å². The van der Waals surface area contributed by atoms with Gasteiger partial charge in [-0.2, -0.15) is 0 Å². The van der Waals surface area contributed by atoms with Gasteiger partial charge < -0.3 is 9.88 Å². The average molecular weight is 394 g/mol. The Labute approximate surface area is 165 Å². The van der Waals surface area contributed by atoms with E-state index in [1.54, 1.807) is 6.07 Å². The van der Waals surface area contributed by atoms with Gasteiger partial charge in [-0.25, -0.2) is 4.98 Å². The molecule has 3 aromatic rings. The van der Waals surface area contributed by atoms with Crippen LogP contribution < -0.4 is 15.8 Å². The number of aromatic nitrogens is 2. The van der Waals surface area contributed by atoms with Crippen LogP contribution >= 0.6 is 11.3 Å². The molecular weight excluding hydrogens is 376 g/mol. The van der Waals surface area contributed by atoms with Gasteiger partial charge in [-0.3, -0.25) is 19.7 Å². The minimum absolute atomic E-state index is 0.0297. The molecule has 0 saturated heterocycles. The lowest BCUT2D eigenvalue weighted by Crippen LogP contribution is -2.29. The molecule has 0 saturated carbocycles. The van der Waals surface area contributed by atoms with Crippen LogP contribution in [0.3, 0.4) is 0 Å². The SMILES string of the molecule is O=C(Nc1nc(CCC(=O)N2CCc3ccccc32)cs1)c1ccc[nH]c1=O. The number of para-hydroxylation sites is 1. The molecule has 28 heavy (non-hydrogen) atoms. The maximum Gasteiger partial charge on any atom is 0.263 e. The predicted octanol–water partition coefficient (Wildman–Crippen LogP) is 2.61. The highest BCUT2D eigenvalue weighted by Gasteiger charge is 2.23. The summed E-state index contributed by atoms with van der Waals surface area (Å²) in [6.07, 6.45) is 3.20. The number of nitrogens with one attached hydrogen (secondary N) is 2. The molecule has 4 rings (SSSR count). The van der Waals surface area contributed by atoms with Crippen LogP contribution in [0.5, 0.6) is 0 Å². The zero-order valence-electron chi connectivity index (χ0n) is 15.0. The number of nitrogens with zero attached hydrogens (tertiary/aromatic N) is 2. The monoisotopic (exact) mass is 394 g/mol. The van der Waals surface area contributed by atoms with Crippen LogP contribution in [-0.4, -0.2) is 28.3 Å². The number of aromatic amines is 1. The number of H-pyrrole nitrogens is 1. The quantitative estimate of drug-likeness (QED) is 0.695. The maximum absolute atomic E-state index is 12.6. The molecule has 2 aromatic heterocycles. The van der Waals surface area contributed by atoms with Gasteiger partial charge in [0, 0.05) is 30.2 Å². The minimum atomic E-state index is -0.507. The number of pyridine rings is 1. The Kier molecular flexibility index (Phi) is 5.03. The fraction of sp³-hybridized carbons (Fsp3) is 0.200. The number of benzene rings is 1. The van der Waals surface area contributed by atoms with Gasteiger partial charge >= 0.3 is 0 Å². The second-order valence-electron chi connectivity index (χ2n) is 6.44. The Morgan fingerprint density at radius 1 is 1.21 bits per heavy atom. The molecule has 1 aromatic carbocycles. The molecule has 0 aliphatic carbocycles. The number of rotatable bonds is 5. The molecule has 0 unspecified atom stereocenters. The lowest BCUT2D eigenvalue weighted by molar-refractivity contribution is -0.118. The van der Waals surface area contributed by atoms with E-state index in [1.165, 1.54) is 29.2 Å². The van der Waals surface area contributed by atoms with Gasteiger partial charge in [0.25, 0.3) is 11.5 Å². The van der Waals surface area contributed by atoms with Gasteiger partial charge in [-0.05, 0) is 36.6 Å². The van der Waals surface area contributed by atoms with Crippen molar-refractivity contribution in [3.63, 3.8) is 0 Å². The highest BCUT2D eigenvalue weighted by atomic mass is 32.1. The van der Waals surface area contributed by atoms with Crippen molar-refractivity contribution in [3.05, 3.63) is 75.1 Å². The van der Waals surface area contributed by atoms with E-state index in [2.05, 4.69) is 21.4 Å². The highest BCUT2D eigenvalue weighted by molar-refractivity contribution is 7.14. The first-order valence-corrected chi connectivity index (χ1v) is 9.81. The third kappa shape index (κ3) is 3.72. The van der Waals surface area contributed by atoms with Crippen LogP contribution in [0.25, 0.3) is 0 Å². The molecule has 1 aliphatic rings.